The van der Waals surface area contributed by atoms with Gasteiger partial charge in [-0.25, -0.2) is 9.37 Å². The van der Waals surface area contributed by atoms with Crippen molar-refractivity contribution in [3.05, 3.63) is 59.2 Å². The largest absolute Gasteiger partial charge is 0.330 e. The molecule has 0 spiro atoms. The van der Waals surface area contributed by atoms with Gasteiger partial charge in [0.25, 0.3) is 0 Å². The van der Waals surface area contributed by atoms with Gasteiger partial charge in [-0.3, -0.25) is 0 Å². The maximum absolute atomic E-state index is 14.0. The van der Waals surface area contributed by atoms with Crippen molar-refractivity contribution in [3.63, 3.8) is 0 Å². The topological polar surface area (TPSA) is 43.3 Å². The van der Waals surface area contributed by atoms with Crippen molar-refractivity contribution in [3.8, 4) is 11.3 Å². The summed E-state index contributed by atoms with van der Waals surface area (Å²) in [4.78, 5) is 4.54. The molecule has 0 saturated carbocycles. The molecule has 0 atom stereocenters. The Bertz CT molecular complexity index is 805. The summed E-state index contributed by atoms with van der Waals surface area (Å²) in [6, 6.07) is 9.35. The lowest BCUT2D eigenvalue weighted by Crippen LogP contribution is -2.06. The molecule has 0 aliphatic rings. The molecule has 0 radical (unpaired) electrons. The average Bonchev–Trinajstić information content (AvgIpc) is 2.82. The SMILES string of the molecule is Cc1ccc(C)c(-c2nc3c(F)cccn3c2CCN)c1. The molecule has 3 nitrogen and oxygen atoms in total. The summed E-state index contributed by atoms with van der Waals surface area (Å²) >= 11 is 0. The summed E-state index contributed by atoms with van der Waals surface area (Å²) in [6.45, 7) is 4.59. The lowest BCUT2D eigenvalue weighted by Gasteiger charge is -2.07. The number of fused-ring (bicyclic) bond motifs is 1. The van der Waals surface area contributed by atoms with Crippen LogP contribution >= 0.6 is 0 Å². The molecule has 0 saturated heterocycles. The van der Waals surface area contributed by atoms with Gasteiger partial charge in [0.05, 0.1) is 11.4 Å². The number of aryl methyl sites for hydroxylation is 2. The first-order chi connectivity index (χ1) is 10.1. The first-order valence-corrected chi connectivity index (χ1v) is 7.05. The van der Waals surface area contributed by atoms with E-state index in [4.69, 9.17) is 5.73 Å². The number of nitrogens with two attached hydrogens (primary N) is 1. The molecule has 0 fully saturated rings. The molecule has 108 valence electrons. The van der Waals surface area contributed by atoms with Crippen molar-refractivity contribution >= 4 is 5.65 Å². The van der Waals surface area contributed by atoms with Crippen molar-refractivity contribution in [1.82, 2.24) is 9.38 Å². The molecule has 0 unspecified atom stereocenters. The minimum Gasteiger partial charge on any atom is -0.330 e. The van der Waals surface area contributed by atoms with E-state index in [1.807, 2.05) is 20.0 Å². The van der Waals surface area contributed by atoms with Crippen LogP contribution in [0.4, 0.5) is 4.39 Å². The summed E-state index contributed by atoms with van der Waals surface area (Å²) in [5, 5.41) is 0. The normalized spacial score (nSPS) is 11.2. The molecule has 0 aliphatic heterocycles. The van der Waals surface area contributed by atoms with E-state index < -0.39 is 0 Å². The molecular weight excluding hydrogens is 265 g/mol. The van der Waals surface area contributed by atoms with Gasteiger partial charge in [-0.2, -0.15) is 0 Å². The minimum absolute atomic E-state index is 0.313. The number of halogens is 1. The van der Waals surface area contributed by atoms with Crippen LogP contribution in [0, 0.1) is 19.7 Å². The number of imidazole rings is 1. The number of nitrogens with zero attached hydrogens (tertiary/aromatic N) is 2. The number of hydrogen-bond donors (Lipinski definition) is 1. The predicted octanol–water partition coefficient (Wildman–Crippen LogP) is 3.26. The predicted molar refractivity (Wildman–Crippen MR) is 82.8 cm³/mol. The van der Waals surface area contributed by atoms with Crippen molar-refractivity contribution in [2.75, 3.05) is 6.54 Å². The molecule has 0 aliphatic carbocycles. The third-order valence-electron chi connectivity index (χ3n) is 3.73. The second kappa shape index (κ2) is 5.30. The van der Waals surface area contributed by atoms with Gasteiger partial charge >= 0.3 is 0 Å². The summed E-state index contributed by atoms with van der Waals surface area (Å²) in [7, 11) is 0. The first-order valence-electron chi connectivity index (χ1n) is 7.05. The fourth-order valence-corrected chi connectivity index (χ4v) is 2.67. The summed E-state index contributed by atoms with van der Waals surface area (Å²) in [5.41, 5.74) is 11.2. The zero-order valence-electron chi connectivity index (χ0n) is 12.2. The van der Waals surface area contributed by atoms with E-state index in [1.165, 1.54) is 6.07 Å². The van der Waals surface area contributed by atoms with Gasteiger partial charge in [-0.15, -0.1) is 0 Å². The quantitative estimate of drug-likeness (QED) is 0.801. The third kappa shape index (κ3) is 2.32. The van der Waals surface area contributed by atoms with Gasteiger partial charge < -0.3 is 10.1 Å². The Balaban J connectivity index is 2.33. The number of aromatic nitrogens is 2. The van der Waals surface area contributed by atoms with Gasteiger partial charge in [0, 0.05) is 18.2 Å². The number of hydrogen-bond acceptors (Lipinski definition) is 2. The van der Waals surface area contributed by atoms with Crippen molar-refractivity contribution in [2.45, 2.75) is 20.3 Å². The minimum atomic E-state index is -0.313. The van der Waals surface area contributed by atoms with Crippen LogP contribution in [-0.4, -0.2) is 15.9 Å². The molecule has 21 heavy (non-hydrogen) atoms. The van der Waals surface area contributed by atoms with E-state index in [9.17, 15) is 4.39 Å². The Kier molecular flexibility index (Phi) is 3.47. The summed E-state index contributed by atoms with van der Waals surface area (Å²) in [5.74, 6) is -0.313. The van der Waals surface area contributed by atoms with Crippen LogP contribution in [0.1, 0.15) is 16.8 Å². The molecule has 2 aromatic heterocycles. The second-order valence-corrected chi connectivity index (χ2v) is 5.31. The standard InChI is InChI=1S/C17H18FN3/c1-11-5-6-12(2)13(10-11)16-15(7-8-19)21-9-3-4-14(18)17(21)20-16/h3-6,9-10H,7-8,19H2,1-2H3. The van der Waals surface area contributed by atoms with Gasteiger partial charge in [0.15, 0.2) is 11.5 Å². The number of pyridine rings is 1. The Morgan fingerprint density at radius 2 is 2.05 bits per heavy atom. The Labute approximate surface area is 123 Å². The third-order valence-corrected chi connectivity index (χ3v) is 3.73. The van der Waals surface area contributed by atoms with Crippen LogP contribution in [0.2, 0.25) is 0 Å². The fourth-order valence-electron chi connectivity index (χ4n) is 2.67. The second-order valence-electron chi connectivity index (χ2n) is 5.31. The summed E-state index contributed by atoms with van der Waals surface area (Å²) < 4.78 is 15.8. The van der Waals surface area contributed by atoms with Crippen LogP contribution in [-0.2, 0) is 6.42 Å². The molecule has 1 aromatic carbocycles. The maximum atomic E-state index is 14.0. The number of rotatable bonds is 3. The monoisotopic (exact) mass is 283 g/mol. The lowest BCUT2D eigenvalue weighted by molar-refractivity contribution is 0.629. The molecule has 3 aromatic rings. The molecule has 3 rings (SSSR count). The van der Waals surface area contributed by atoms with Gasteiger partial charge in [-0.1, -0.05) is 17.7 Å². The van der Waals surface area contributed by atoms with Crippen LogP contribution in [0.3, 0.4) is 0 Å². The Morgan fingerprint density at radius 1 is 1.24 bits per heavy atom. The van der Waals surface area contributed by atoms with E-state index in [-0.39, 0.29) is 5.82 Å². The highest BCUT2D eigenvalue weighted by atomic mass is 19.1. The van der Waals surface area contributed by atoms with Crippen LogP contribution < -0.4 is 5.73 Å². The first kappa shape index (κ1) is 13.8. The maximum Gasteiger partial charge on any atom is 0.173 e. The van der Waals surface area contributed by atoms with Gasteiger partial charge in [0.1, 0.15) is 0 Å². The highest BCUT2D eigenvalue weighted by molar-refractivity contribution is 5.70. The molecule has 0 bridgehead atoms. The van der Waals surface area contributed by atoms with Crippen LogP contribution in [0.25, 0.3) is 16.9 Å². The van der Waals surface area contributed by atoms with E-state index >= 15 is 0 Å². The molecule has 2 N–H and O–H groups in total. The molecule has 2 heterocycles. The average molecular weight is 283 g/mol. The van der Waals surface area contributed by atoms with Crippen molar-refractivity contribution in [1.29, 1.82) is 0 Å². The Morgan fingerprint density at radius 3 is 2.81 bits per heavy atom. The van der Waals surface area contributed by atoms with E-state index in [0.29, 0.717) is 18.6 Å². The van der Waals surface area contributed by atoms with Crippen molar-refractivity contribution < 1.29 is 4.39 Å². The van der Waals surface area contributed by atoms with Crippen LogP contribution in [0.5, 0.6) is 0 Å². The highest BCUT2D eigenvalue weighted by Gasteiger charge is 2.17. The van der Waals surface area contributed by atoms with E-state index in [1.54, 1.807) is 10.5 Å². The summed E-state index contributed by atoms with van der Waals surface area (Å²) in [6.07, 6.45) is 2.50. The van der Waals surface area contributed by atoms with Gasteiger partial charge in [-0.05, 0) is 44.2 Å². The molecular formula is C17H18FN3. The van der Waals surface area contributed by atoms with E-state index in [2.05, 4.69) is 23.2 Å². The van der Waals surface area contributed by atoms with Gasteiger partial charge in [0.2, 0.25) is 0 Å². The molecule has 4 heteroatoms. The smallest absolute Gasteiger partial charge is 0.173 e. The lowest BCUT2D eigenvalue weighted by atomic mass is 10.0. The fraction of sp³-hybridized carbons (Fsp3) is 0.235. The molecule has 0 amide bonds. The number of benzene rings is 1. The van der Waals surface area contributed by atoms with Crippen molar-refractivity contribution in [2.24, 2.45) is 5.73 Å². The highest BCUT2D eigenvalue weighted by Crippen LogP contribution is 2.29. The van der Waals surface area contributed by atoms with E-state index in [0.717, 1.165) is 28.1 Å². The zero-order chi connectivity index (χ0) is 15.0. The zero-order valence-corrected chi connectivity index (χ0v) is 12.2. The van der Waals surface area contributed by atoms with Crippen LogP contribution in [0.15, 0.2) is 36.5 Å². The Hall–Kier alpha value is -2.20.